The summed E-state index contributed by atoms with van der Waals surface area (Å²) in [4.78, 5) is 18.2. The van der Waals surface area contributed by atoms with Crippen LogP contribution in [0.1, 0.15) is 23.5 Å². The first-order valence-corrected chi connectivity index (χ1v) is 12.0. The van der Waals surface area contributed by atoms with Gasteiger partial charge in [0.15, 0.2) is 0 Å². The molecule has 0 aliphatic carbocycles. The van der Waals surface area contributed by atoms with Crippen molar-refractivity contribution in [2.45, 2.75) is 24.8 Å². The molecule has 0 saturated carbocycles. The van der Waals surface area contributed by atoms with E-state index in [0.717, 1.165) is 36.7 Å². The summed E-state index contributed by atoms with van der Waals surface area (Å²) in [5.41, 5.74) is 2.38. The van der Waals surface area contributed by atoms with E-state index in [0.29, 0.717) is 16.9 Å². The zero-order valence-corrected chi connectivity index (χ0v) is 17.9. The van der Waals surface area contributed by atoms with E-state index in [2.05, 4.69) is 49.9 Å². The summed E-state index contributed by atoms with van der Waals surface area (Å²) in [6, 6.07) is 6.92. The van der Waals surface area contributed by atoms with Gasteiger partial charge in [0.05, 0.1) is 29.8 Å². The first kappa shape index (κ1) is 19.2. The summed E-state index contributed by atoms with van der Waals surface area (Å²) in [6.45, 7) is 7.80. The van der Waals surface area contributed by atoms with Gasteiger partial charge < -0.3 is 4.90 Å². The molecule has 3 heterocycles. The quantitative estimate of drug-likeness (QED) is 0.702. The highest BCUT2D eigenvalue weighted by Gasteiger charge is 2.24. The zero-order valence-electron chi connectivity index (χ0n) is 16.3. The Hall–Kier alpha value is -2.10. The molecule has 0 bridgehead atoms. The van der Waals surface area contributed by atoms with Crippen LogP contribution in [0.4, 0.5) is 5.95 Å². The summed E-state index contributed by atoms with van der Waals surface area (Å²) in [7, 11) is -2.77. The van der Waals surface area contributed by atoms with Crippen LogP contribution >= 0.6 is 11.3 Å². The predicted molar refractivity (Wildman–Crippen MR) is 114 cm³/mol. The van der Waals surface area contributed by atoms with Crippen LogP contribution in [0.3, 0.4) is 0 Å². The van der Waals surface area contributed by atoms with Crippen LogP contribution < -0.4 is 4.90 Å². The van der Waals surface area contributed by atoms with Gasteiger partial charge in [0.2, 0.25) is 5.95 Å². The number of rotatable bonds is 4. The van der Waals surface area contributed by atoms with Crippen LogP contribution in [-0.4, -0.2) is 56.5 Å². The third kappa shape index (κ3) is 3.87. The summed E-state index contributed by atoms with van der Waals surface area (Å²) in [5, 5.41) is 1.10. The van der Waals surface area contributed by atoms with E-state index >= 15 is 0 Å². The molecule has 0 amide bonds. The van der Waals surface area contributed by atoms with Gasteiger partial charge in [-0.2, -0.15) is 0 Å². The number of fused-ring (bicyclic) bond motifs is 1. The summed E-state index contributed by atoms with van der Waals surface area (Å²) in [5.74, 6) is 0.638. The molecule has 28 heavy (non-hydrogen) atoms. The fourth-order valence-corrected chi connectivity index (χ4v) is 4.83. The molecule has 2 aromatic heterocycles. The number of piperazine rings is 1. The maximum Gasteiger partial charge on any atom is 0.225 e. The molecule has 2 atom stereocenters. The molecule has 1 fully saturated rings. The van der Waals surface area contributed by atoms with Crippen molar-refractivity contribution in [2.75, 3.05) is 37.3 Å². The molecule has 1 aliphatic rings. The van der Waals surface area contributed by atoms with Crippen molar-refractivity contribution < 1.29 is 4.21 Å². The van der Waals surface area contributed by atoms with Gasteiger partial charge in [0.1, 0.15) is 0 Å². The van der Waals surface area contributed by atoms with Crippen molar-refractivity contribution in [1.29, 1.82) is 4.78 Å². The zero-order chi connectivity index (χ0) is 19.9. The van der Waals surface area contributed by atoms with E-state index in [1.165, 1.54) is 28.9 Å². The normalized spacial score (nSPS) is 18.9. The lowest BCUT2D eigenvalue weighted by atomic mass is 10.1. The maximum atomic E-state index is 11.8. The Bertz CT molecular complexity index is 1090. The Morgan fingerprint density at radius 2 is 1.86 bits per heavy atom. The van der Waals surface area contributed by atoms with Crippen molar-refractivity contribution in [3.63, 3.8) is 0 Å². The fourth-order valence-electron chi connectivity index (χ4n) is 3.51. The van der Waals surface area contributed by atoms with Crippen LogP contribution in [0.15, 0.2) is 35.5 Å². The highest BCUT2D eigenvalue weighted by Crippen LogP contribution is 2.28. The van der Waals surface area contributed by atoms with Crippen LogP contribution in [0.5, 0.6) is 0 Å². The van der Waals surface area contributed by atoms with E-state index in [-0.39, 0.29) is 0 Å². The van der Waals surface area contributed by atoms with Crippen LogP contribution in [0.2, 0.25) is 0 Å². The van der Waals surface area contributed by atoms with Crippen LogP contribution in [0.25, 0.3) is 10.2 Å². The van der Waals surface area contributed by atoms with Gasteiger partial charge in [-0.15, -0.1) is 11.3 Å². The predicted octanol–water partition coefficient (Wildman–Crippen LogP) is 3.31. The lowest BCUT2D eigenvalue weighted by Crippen LogP contribution is -2.47. The van der Waals surface area contributed by atoms with Gasteiger partial charge >= 0.3 is 0 Å². The second-order valence-electron chi connectivity index (χ2n) is 7.22. The fraction of sp³-hybridized carbons (Fsp3) is 0.421. The molecule has 0 radical (unpaired) electrons. The Kier molecular flexibility index (Phi) is 5.07. The first-order chi connectivity index (χ1) is 13.3. The molecule has 7 nitrogen and oxygen atoms in total. The van der Waals surface area contributed by atoms with Crippen LogP contribution in [-0.2, 0) is 9.73 Å². The third-order valence-electron chi connectivity index (χ3n) is 5.21. The Balaban J connectivity index is 1.42. The monoisotopic (exact) mass is 416 g/mol. The number of aryl methyl sites for hydroxylation is 1. The van der Waals surface area contributed by atoms with Gasteiger partial charge in [-0.3, -0.25) is 4.90 Å². The molecule has 3 aromatic rings. The molecule has 4 rings (SSSR count). The molecular weight excluding hydrogens is 392 g/mol. The number of hydrogen-bond acceptors (Lipinski definition) is 8. The van der Waals surface area contributed by atoms with Crippen LogP contribution in [0, 0.1) is 11.7 Å². The summed E-state index contributed by atoms with van der Waals surface area (Å²) < 4.78 is 20.6. The molecule has 1 aliphatic heterocycles. The number of hydrogen-bond donors (Lipinski definition) is 1. The average molecular weight is 417 g/mol. The largest absolute Gasteiger partial charge is 0.338 e. The van der Waals surface area contributed by atoms with Gasteiger partial charge in [-0.05, 0) is 31.5 Å². The minimum Gasteiger partial charge on any atom is -0.338 e. The molecule has 1 saturated heterocycles. The van der Waals surface area contributed by atoms with E-state index in [1.807, 2.05) is 6.92 Å². The third-order valence-corrected chi connectivity index (χ3v) is 7.27. The van der Waals surface area contributed by atoms with E-state index in [1.54, 1.807) is 11.3 Å². The summed E-state index contributed by atoms with van der Waals surface area (Å²) >= 11 is 1.73. The van der Waals surface area contributed by atoms with Crippen molar-refractivity contribution >= 4 is 37.2 Å². The number of thiazole rings is 1. The lowest BCUT2D eigenvalue weighted by molar-refractivity contribution is 0.198. The van der Waals surface area contributed by atoms with Crippen molar-refractivity contribution in [3.8, 4) is 0 Å². The highest BCUT2D eigenvalue weighted by atomic mass is 32.2. The Labute approximate surface area is 169 Å². The first-order valence-electron chi connectivity index (χ1n) is 9.23. The lowest BCUT2D eigenvalue weighted by Gasteiger charge is -2.38. The van der Waals surface area contributed by atoms with Crippen molar-refractivity contribution in [2.24, 2.45) is 0 Å². The van der Waals surface area contributed by atoms with E-state index in [4.69, 9.17) is 4.78 Å². The van der Waals surface area contributed by atoms with Gasteiger partial charge in [-0.25, -0.2) is 23.9 Å². The number of benzene rings is 1. The number of nitrogens with one attached hydrogen (secondary N) is 1. The Morgan fingerprint density at radius 3 is 2.50 bits per heavy atom. The molecule has 1 aromatic carbocycles. The number of anilines is 1. The average Bonchev–Trinajstić information content (AvgIpc) is 3.06. The molecule has 0 spiro atoms. The number of nitrogens with zero attached hydrogens (tertiary/aromatic N) is 5. The minimum absolute atomic E-state index is 0.324. The molecule has 148 valence electrons. The number of aromatic nitrogens is 3. The van der Waals surface area contributed by atoms with Gasteiger partial charge in [0.25, 0.3) is 0 Å². The SMILES string of the molecule is Cc1nc2cc([C@H](C)N3CCN(c4ncc(S(C)(=N)=O)cn4)CC3)ccc2s1. The topological polar surface area (TPSA) is 86.1 Å². The van der Waals surface area contributed by atoms with Gasteiger partial charge in [0, 0.05) is 50.9 Å². The Morgan fingerprint density at radius 1 is 1.18 bits per heavy atom. The smallest absolute Gasteiger partial charge is 0.225 e. The molecule has 1 N–H and O–H groups in total. The second kappa shape index (κ2) is 7.38. The molecular formula is C19H24N6OS2. The van der Waals surface area contributed by atoms with Gasteiger partial charge in [-0.1, -0.05) is 6.07 Å². The van der Waals surface area contributed by atoms with Crippen molar-refractivity contribution in [3.05, 3.63) is 41.2 Å². The molecule has 1 unspecified atom stereocenters. The maximum absolute atomic E-state index is 11.8. The summed E-state index contributed by atoms with van der Waals surface area (Å²) in [6.07, 6.45) is 4.41. The second-order valence-corrected chi connectivity index (χ2v) is 10.6. The van der Waals surface area contributed by atoms with Crippen molar-refractivity contribution in [1.82, 2.24) is 19.9 Å². The standard InChI is InChI=1S/C19H24N6OS2/c1-13(15-4-5-18-17(10-15)23-14(2)27-18)24-6-8-25(9-7-24)19-21-11-16(12-22-19)28(3,20)26/h4-5,10-13,20H,6-9H2,1-3H3/t13-,28?/m0/s1. The van der Waals surface area contributed by atoms with E-state index < -0.39 is 9.73 Å². The minimum atomic E-state index is -2.77. The van der Waals surface area contributed by atoms with E-state index in [9.17, 15) is 4.21 Å². The highest BCUT2D eigenvalue weighted by molar-refractivity contribution is 7.91. The molecule has 9 heteroatoms.